The SMILES string of the molecule is COC(=O)CCc1ccc(OC(F)(F)F)cc1. The van der Waals surface area contributed by atoms with Crippen LogP contribution in [-0.2, 0) is 16.0 Å². The van der Waals surface area contributed by atoms with E-state index < -0.39 is 6.36 Å². The molecule has 94 valence electrons. The summed E-state index contributed by atoms with van der Waals surface area (Å²) in [6.07, 6.45) is -4.08. The number of hydrogen-bond acceptors (Lipinski definition) is 3. The Bertz CT molecular complexity index is 371. The molecule has 0 fully saturated rings. The molecule has 0 N–H and O–H groups in total. The summed E-state index contributed by atoms with van der Waals surface area (Å²) in [5, 5.41) is 0. The molecule has 0 heterocycles. The molecule has 0 aliphatic carbocycles. The van der Waals surface area contributed by atoms with Gasteiger partial charge >= 0.3 is 12.3 Å². The molecule has 0 radical (unpaired) electrons. The van der Waals surface area contributed by atoms with Crippen LogP contribution in [0.3, 0.4) is 0 Å². The number of carbonyl (C=O) groups is 1. The van der Waals surface area contributed by atoms with Gasteiger partial charge in [-0.3, -0.25) is 4.79 Å². The molecule has 0 aliphatic heterocycles. The first-order valence-corrected chi connectivity index (χ1v) is 4.82. The van der Waals surface area contributed by atoms with Crippen LogP contribution < -0.4 is 4.74 Å². The molecule has 1 aromatic rings. The highest BCUT2D eigenvalue weighted by Gasteiger charge is 2.30. The number of alkyl halides is 3. The Kier molecular flexibility index (Phi) is 4.37. The van der Waals surface area contributed by atoms with Crippen molar-refractivity contribution in [1.82, 2.24) is 0 Å². The van der Waals surface area contributed by atoms with Gasteiger partial charge in [0.25, 0.3) is 0 Å². The highest BCUT2D eigenvalue weighted by atomic mass is 19.4. The van der Waals surface area contributed by atoms with Crippen LogP contribution in [-0.4, -0.2) is 19.4 Å². The van der Waals surface area contributed by atoms with Crippen LogP contribution in [0.15, 0.2) is 24.3 Å². The second kappa shape index (κ2) is 5.56. The van der Waals surface area contributed by atoms with E-state index in [-0.39, 0.29) is 18.1 Å². The largest absolute Gasteiger partial charge is 0.573 e. The molecule has 0 saturated heterocycles. The molecule has 0 spiro atoms. The van der Waals surface area contributed by atoms with E-state index in [0.29, 0.717) is 6.42 Å². The van der Waals surface area contributed by atoms with Gasteiger partial charge in [0.05, 0.1) is 7.11 Å². The molecule has 0 atom stereocenters. The Morgan fingerprint density at radius 3 is 2.29 bits per heavy atom. The summed E-state index contributed by atoms with van der Waals surface area (Å²) >= 11 is 0. The second-order valence-electron chi connectivity index (χ2n) is 3.27. The first kappa shape index (κ1) is 13.3. The fourth-order valence-electron chi connectivity index (χ4n) is 1.21. The van der Waals surface area contributed by atoms with Crippen molar-refractivity contribution in [3.63, 3.8) is 0 Å². The third-order valence-corrected chi connectivity index (χ3v) is 2.00. The molecular weight excluding hydrogens is 237 g/mol. The van der Waals surface area contributed by atoms with Crippen molar-refractivity contribution in [3.05, 3.63) is 29.8 Å². The lowest BCUT2D eigenvalue weighted by atomic mass is 10.1. The molecule has 17 heavy (non-hydrogen) atoms. The summed E-state index contributed by atoms with van der Waals surface area (Å²) in [7, 11) is 1.28. The average Bonchev–Trinajstić information content (AvgIpc) is 2.25. The third kappa shape index (κ3) is 5.24. The van der Waals surface area contributed by atoms with Crippen LogP contribution in [0.2, 0.25) is 0 Å². The molecule has 1 rings (SSSR count). The molecule has 6 heteroatoms. The lowest BCUT2D eigenvalue weighted by Crippen LogP contribution is -2.17. The lowest BCUT2D eigenvalue weighted by Gasteiger charge is -2.09. The number of rotatable bonds is 4. The van der Waals surface area contributed by atoms with Crippen molar-refractivity contribution < 1.29 is 27.4 Å². The fraction of sp³-hybridized carbons (Fsp3) is 0.364. The van der Waals surface area contributed by atoms with Crippen LogP contribution >= 0.6 is 0 Å². The number of hydrogen-bond donors (Lipinski definition) is 0. The first-order valence-electron chi connectivity index (χ1n) is 4.82. The Labute approximate surface area is 96.1 Å². The third-order valence-electron chi connectivity index (χ3n) is 2.00. The predicted octanol–water partition coefficient (Wildman–Crippen LogP) is 2.69. The minimum atomic E-state index is -4.69. The van der Waals surface area contributed by atoms with Crippen molar-refractivity contribution >= 4 is 5.97 Å². The van der Waals surface area contributed by atoms with E-state index in [1.165, 1.54) is 31.4 Å². The number of benzene rings is 1. The zero-order chi connectivity index (χ0) is 12.9. The molecule has 0 bridgehead atoms. The van der Waals surface area contributed by atoms with E-state index in [4.69, 9.17) is 0 Å². The lowest BCUT2D eigenvalue weighted by molar-refractivity contribution is -0.274. The molecule has 0 saturated carbocycles. The van der Waals surface area contributed by atoms with E-state index in [1.54, 1.807) is 0 Å². The van der Waals surface area contributed by atoms with Gasteiger partial charge in [-0.2, -0.15) is 0 Å². The van der Waals surface area contributed by atoms with E-state index in [1.807, 2.05) is 0 Å². The highest BCUT2D eigenvalue weighted by molar-refractivity contribution is 5.69. The van der Waals surface area contributed by atoms with Gasteiger partial charge in [0.1, 0.15) is 5.75 Å². The normalized spacial score (nSPS) is 11.1. The Hall–Kier alpha value is -1.72. The van der Waals surface area contributed by atoms with Crippen LogP contribution in [0.1, 0.15) is 12.0 Å². The standard InChI is InChI=1S/C11H11F3O3/c1-16-10(15)7-4-8-2-5-9(6-3-8)17-11(12,13)14/h2-3,5-6H,4,7H2,1H3. The van der Waals surface area contributed by atoms with Gasteiger partial charge in [0, 0.05) is 6.42 Å². The number of esters is 1. The number of ether oxygens (including phenoxy) is 2. The Morgan fingerprint density at radius 1 is 1.24 bits per heavy atom. The highest BCUT2D eigenvalue weighted by Crippen LogP contribution is 2.22. The zero-order valence-corrected chi connectivity index (χ0v) is 9.08. The molecule has 3 nitrogen and oxygen atoms in total. The van der Waals surface area contributed by atoms with Gasteiger partial charge in [0.15, 0.2) is 0 Å². The van der Waals surface area contributed by atoms with Gasteiger partial charge in [-0.05, 0) is 24.1 Å². The molecule has 0 aliphatic rings. The molecule has 0 amide bonds. The number of methoxy groups -OCH3 is 1. The smallest absolute Gasteiger partial charge is 0.469 e. The minimum Gasteiger partial charge on any atom is -0.469 e. The maximum Gasteiger partial charge on any atom is 0.573 e. The summed E-state index contributed by atoms with van der Waals surface area (Å²) in [6, 6.07) is 5.37. The van der Waals surface area contributed by atoms with Crippen LogP contribution in [0.5, 0.6) is 5.75 Å². The van der Waals surface area contributed by atoms with Gasteiger partial charge in [0.2, 0.25) is 0 Å². The molecule has 0 aromatic heterocycles. The van der Waals surface area contributed by atoms with Crippen LogP contribution in [0.4, 0.5) is 13.2 Å². The number of aryl methyl sites for hydroxylation is 1. The van der Waals surface area contributed by atoms with Crippen molar-refractivity contribution in [2.24, 2.45) is 0 Å². The summed E-state index contributed by atoms with van der Waals surface area (Å²) in [6.45, 7) is 0. The first-order chi connectivity index (χ1) is 7.90. The summed E-state index contributed by atoms with van der Waals surface area (Å²) < 4.78 is 43.7. The van der Waals surface area contributed by atoms with Crippen molar-refractivity contribution in [2.75, 3.05) is 7.11 Å². The molecular formula is C11H11F3O3. The van der Waals surface area contributed by atoms with Crippen molar-refractivity contribution in [1.29, 1.82) is 0 Å². The quantitative estimate of drug-likeness (QED) is 0.768. The fourth-order valence-corrected chi connectivity index (χ4v) is 1.21. The van der Waals surface area contributed by atoms with E-state index in [0.717, 1.165) is 5.56 Å². The van der Waals surface area contributed by atoms with Crippen LogP contribution in [0.25, 0.3) is 0 Å². The van der Waals surface area contributed by atoms with Crippen molar-refractivity contribution in [3.8, 4) is 5.75 Å². The van der Waals surface area contributed by atoms with Gasteiger partial charge in [-0.1, -0.05) is 12.1 Å². The maximum atomic E-state index is 11.9. The zero-order valence-electron chi connectivity index (χ0n) is 9.08. The molecule has 0 unspecified atom stereocenters. The summed E-state index contributed by atoms with van der Waals surface area (Å²) in [5.41, 5.74) is 0.741. The summed E-state index contributed by atoms with van der Waals surface area (Å²) in [4.78, 5) is 10.8. The van der Waals surface area contributed by atoms with E-state index in [9.17, 15) is 18.0 Å². The van der Waals surface area contributed by atoms with Crippen molar-refractivity contribution in [2.45, 2.75) is 19.2 Å². The number of halogens is 3. The van der Waals surface area contributed by atoms with E-state index >= 15 is 0 Å². The predicted molar refractivity (Wildman–Crippen MR) is 53.5 cm³/mol. The second-order valence-corrected chi connectivity index (χ2v) is 3.27. The Morgan fingerprint density at radius 2 is 1.82 bits per heavy atom. The maximum absolute atomic E-state index is 11.9. The van der Waals surface area contributed by atoms with Crippen LogP contribution in [0, 0.1) is 0 Å². The van der Waals surface area contributed by atoms with Gasteiger partial charge < -0.3 is 9.47 Å². The number of carbonyl (C=O) groups excluding carboxylic acids is 1. The average molecular weight is 248 g/mol. The topological polar surface area (TPSA) is 35.5 Å². The monoisotopic (exact) mass is 248 g/mol. The van der Waals surface area contributed by atoms with Gasteiger partial charge in [-0.25, -0.2) is 0 Å². The Balaban J connectivity index is 2.53. The van der Waals surface area contributed by atoms with E-state index in [2.05, 4.69) is 9.47 Å². The molecule has 1 aromatic carbocycles. The van der Waals surface area contributed by atoms with Gasteiger partial charge in [-0.15, -0.1) is 13.2 Å². The summed E-state index contributed by atoms with van der Waals surface area (Å²) in [5.74, 6) is -0.639. The minimum absolute atomic E-state index is 0.190.